The van der Waals surface area contributed by atoms with Gasteiger partial charge in [0.1, 0.15) is 0 Å². The first-order valence-corrected chi connectivity index (χ1v) is 15.1. The molecule has 0 radical (unpaired) electrons. The van der Waals surface area contributed by atoms with Crippen LogP contribution in [0.25, 0.3) is 28.0 Å². The average Bonchev–Trinajstić information content (AvgIpc) is 2.99. The van der Waals surface area contributed by atoms with E-state index < -0.39 is 0 Å². The van der Waals surface area contributed by atoms with E-state index >= 15 is 0 Å². The molecule has 210 valence electrons. The summed E-state index contributed by atoms with van der Waals surface area (Å²) < 4.78 is 0. The maximum atomic E-state index is 14.5. The molecule has 2 aliphatic carbocycles. The van der Waals surface area contributed by atoms with Crippen LogP contribution in [0.2, 0.25) is 0 Å². The van der Waals surface area contributed by atoms with Crippen molar-refractivity contribution in [2.75, 3.05) is 4.90 Å². The largest absolute Gasteiger partial charge is 0.268 e. The lowest BCUT2D eigenvalue weighted by Crippen LogP contribution is -2.42. The Bertz CT molecular complexity index is 2020. The number of imide groups is 1. The molecule has 0 bridgehead atoms. The van der Waals surface area contributed by atoms with E-state index in [0.29, 0.717) is 11.1 Å². The monoisotopic (exact) mass is 559 g/mol. The van der Waals surface area contributed by atoms with E-state index in [4.69, 9.17) is 0 Å². The van der Waals surface area contributed by atoms with Gasteiger partial charge in [0.2, 0.25) is 0 Å². The molecule has 2 atom stereocenters. The highest BCUT2D eigenvalue weighted by molar-refractivity contribution is 6.37. The molecule has 7 rings (SSSR count). The number of rotatable bonds is 3. The SMILES string of the molecule is CC#CC#Cc1ccc2c3c1C=CC(C)C3c1ccc3c4c(ccc-2c14)C(=O)N(c1c(C(C)C)cccc1C(C)C)C3=O. The minimum absolute atomic E-state index is 0.100. The Morgan fingerprint density at radius 2 is 1.37 bits per heavy atom. The van der Waals surface area contributed by atoms with E-state index in [1.165, 1.54) is 16.0 Å². The molecule has 3 aliphatic rings. The first kappa shape index (κ1) is 27.0. The van der Waals surface area contributed by atoms with Crippen LogP contribution >= 0.6 is 0 Å². The fraction of sp³-hybridized carbons (Fsp3) is 0.250. The number of allylic oxidation sites excluding steroid dienone is 1. The molecule has 1 heterocycles. The predicted octanol–water partition coefficient (Wildman–Crippen LogP) is 9.04. The van der Waals surface area contributed by atoms with Crippen LogP contribution in [-0.2, 0) is 0 Å². The van der Waals surface area contributed by atoms with Crippen molar-refractivity contribution in [3.63, 3.8) is 0 Å². The fourth-order valence-electron chi connectivity index (χ4n) is 7.38. The second kappa shape index (κ2) is 9.86. The van der Waals surface area contributed by atoms with Gasteiger partial charge in [0.05, 0.1) is 5.69 Å². The highest BCUT2D eigenvalue weighted by Gasteiger charge is 2.41. The first-order valence-electron chi connectivity index (χ1n) is 15.1. The minimum atomic E-state index is -0.248. The number of anilines is 1. The molecule has 2 unspecified atom stereocenters. The van der Waals surface area contributed by atoms with Crippen LogP contribution in [0.3, 0.4) is 0 Å². The van der Waals surface area contributed by atoms with Gasteiger partial charge in [-0.05, 0) is 99.0 Å². The van der Waals surface area contributed by atoms with Crippen LogP contribution < -0.4 is 4.90 Å². The van der Waals surface area contributed by atoms with Crippen molar-refractivity contribution >= 4 is 34.4 Å². The maximum Gasteiger partial charge on any atom is 0.266 e. The third-order valence-corrected chi connectivity index (χ3v) is 9.33. The topological polar surface area (TPSA) is 37.4 Å². The summed E-state index contributed by atoms with van der Waals surface area (Å²) in [6.45, 7) is 12.5. The molecule has 0 saturated heterocycles. The molecule has 43 heavy (non-hydrogen) atoms. The fourth-order valence-corrected chi connectivity index (χ4v) is 7.38. The van der Waals surface area contributed by atoms with Crippen molar-refractivity contribution in [3.05, 3.63) is 105 Å². The molecule has 0 aromatic heterocycles. The number of fused-ring (bicyclic) bond motifs is 2. The van der Waals surface area contributed by atoms with Gasteiger partial charge in [-0.1, -0.05) is 95.0 Å². The van der Waals surface area contributed by atoms with Gasteiger partial charge in [-0.2, -0.15) is 0 Å². The quantitative estimate of drug-likeness (QED) is 0.185. The van der Waals surface area contributed by atoms with Gasteiger partial charge in [0.25, 0.3) is 11.8 Å². The molecule has 4 aromatic rings. The number of hydrogen-bond acceptors (Lipinski definition) is 2. The molecular weight excluding hydrogens is 526 g/mol. The summed E-state index contributed by atoms with van der Waals surface area (Å²) in [4.78, 5) is 30.4. The van der Waals surface area contributed by atoms with Crippen LogP contribution in [0.15, 0.2) is 60.7 Å². The lowest BCUT2D eigenvalue weighted by molar-refractivity contribution is 0.0893. The van der Waals surface area contributed by atoms with Gasteiger partial charge < -0.3 is 0 Å². The number of amides is 2. The Hall–Kier alpha value is -4.86. The smallest absolute Gasteiger partial charge is 0.266 e. The van der Waals surface area contributed by atoms with Crippen molar-refractivity contribution in [1.82, 2.24) is 0 Å². The van der Waals surface area contributed by atoms with E-state index in [0.717, 1.165) is 49.8 Å². The second-order valence-electron chi connectivity index (χ2n) is 12.5. The molecule has 1 aliphatic heterocycles. The van der Waals surface area contributed by atoms with Crippen molar-refractivity contribution in [2.24, 2.45) is 5.92 Å². The first-order chi connectivity index (χ1) is 20.7. The van der Waals surface area contributed by atoms with Gasteiger partial charge in [-0.15, -0.1) is 0 Å². The zero-order valence-corrected chi connectivity index (χ0v) is 25.4. The van der Waals surface area contributed by atoms with Crippen LogP contribution in [-0.4, -0.2) is 11.8 Å². The number of carbonyl (C=O) groups is 2. The highest BCUT2D eigenvalue weighted by atomic mass is 16.2. The van der Waals surface area contributed by atoms with Crippen molar-refractivity contribution in [2.45, 2.75) is 59.3 Å². The molecular formula is C40H33NO2. The van der Waals surface area contributed by atoms with E-state index in [1.54, 1.807) is 6.92 Å². The molecule has 0 fully saturated rings. The Morgan fingerprint density at radius 1 is 0.744 bits per heavy atom. The van der Waals surface area contributed by atoms with E-state index in [1.807, 2.05) is 30.3 Å². The van der Waals surface area contributed by atoms with Crippen molar-refractivity contribution < 1.29 is 9.59 Å². The number of carbonyl (C=O) groups excluding carboxylic acids is 2. The lowest BCUT2D eigenvalue weighted by atomic mass is 9.66. The summed E-state index contributed by atoms with van der Waals surface area (Å²) in [6.07, 6.45) is 4.45. The Morgan fingerprint density at radius 3 is 2.02 bits per heavy atom. The zero-order valence-electron chi connectivity index (χ0n) is 25.4. The summed E-state index contributed by atoms with van der Waals surface area (Å²) in [5.74, 6) is 12.1. The van der Waals surface area contributed by atoms with Crippen LogP contribution in [0.4, 0.5) is 5.69 Å². The molecule has 3 nitrogen and oxygen atoms in total. The summed E-state index contributed by atoms with van der Waals surface area (Å²) in [5.41, 5.74) is 10.7. The zero-order chi connectivity index (χ0) is 30.2. The highest BCUT2D eigenvalue weighted by Crippen LogP contribution is 2.54. The predicted molar refractivity (Wildman–Crippen MR) is 176 cm³/mol. The normalized spacial score (nSPS) is 17.5. The Labute approximate surface area is 253 Å². The molecule has 0 saturated carbocycles. The number of nitrogens with zero attached hydrogens (tertiary/aromatic N) is 1. The maximum absolute atomic E-state index is 14.5. The summed E-state index contributed by atoms with van der Waals surface area (Å²) in [5, 5.41) is 1.81. The Kier molecular flexibility index (Phi) is 6.19. The Balaban J connectivity index is 1.49. The van der Waals surface area contributed by atoms with Gasteiger partial charge in [0, 0.05) is 28.0 Å². The molecule has 0 spiro atoms. The average molecular weight is 560 g/mol. The molecule has 2 amide bonds. The summed E-state index contributed by atoms with van der Waals surface area (Å²) >= 11 is 0. The number of para-hydroxylation sites is 1. The molecule has 3 heteroatoms. The minimum Gasteiger partial charge on any atom is -0.268 e. The van der Waals surface area contributed by atoms with Crippen LogP contribution in [0, 0.1) is 29.6 Å². The standard InChI is InChI=1S/C40H33NO2/c1-7-8-9-11-25-15-17-29-30-18-20-32-37-33(21-19-31(36(30)37)34-24(6)14-16-28(25)35(29)34)40(43)41(39(32)42)38-26(22(2)3)12-10-13-27(38)23(4)5/h10,12-24,34H,1-6H3. The molecule has 0 N–H and O–H groups in total. The van der Waals surface area contributed by atoms with E-state index in [9.17, 15) is 9.59 Å². The van der Waals surface area contributed by atoms with Crippen molar-refractivity contribution in [1.29, 1.82) is 0 Å². The van der Waals surface area contributed by atoms with Gasteiger partial charge in [0.15, 0.2) is 0 Å². The number of hydrogen-bond donors (Lipinski definition) is 0. The lowest BCUT2D eigenvalue weighted by Gasteiger charge is -2.38. The van der Waals surface area contributed by atoms with Gasteiger partial charge >= 0.3 is 0 Å². The van der Waals surface area contributed by atoms with E-state index in [2.05, 4.69) is 94.7 Å². The van der Waals surface area contributed by atoms with Crippen LogP contribution in [0.5, 0.6) is 0 Å². The third kappa shape index (κ3) is 3.78. The summed E-state index contributed by atoms with van der Waals surface area (Å²) in [6, 6.07) is 18.4. The van der Waals surface area contributed by atoms with Gasteiger partial charge in [-0.3, -0.25) is 9.59 Å². The number of benzene rings is 4. The van der Waals surface area contributed by atoms with Gasteiger partial charge in [-0.25, -0.2) is 4.90 Å². The van der Waals surface area contributed by atoms with E-state index in [-0.39, 0.29) is 35.5 Å². The van der Waals surface area contributed by atoms with Crippen LogP contribution in [0.1, 0.15) is 113 Å². The third-order valence-electron chi connectivity index (χ3n) is 9.33. The molecule has 4 aromatic carbocycles. The summed E-state index contributed by atoms with van der Waals surface area (Å²) in [7, 11) is 0. The second-order valence-corrected chi connectivity index (χ2v) is 12.5. The van der Waals surface area contributed by atoms with Crippen molar-refractivity contribution in [3.8, 4) is 34.8 Å².